The summed E-state index contributed by atoms with van der Waals surface area (Å²) >= 11 is 5.95. The van der Waals surface area contributed by atoms with E-state index in [1.165, 1.54) is 7.11 Å². The molecule has 1 aromatic carbocycles. The second-order valence-corrected chi connectivity index (χ2v) is 4.79. The number of carboxylic acid groups (broad SMARTS) is 1. The van der Waals surface area contributed by atoms with E-state index >= 15 is 0 Å². The first-order valence-corrected chi connectivity index (χ1v) is 6.17. The van der Waals surface area contributed by atoms with E-state index in [1.807, 2.05) is 6.07 Å². The molecule has 0 saturated heterocycles. The van der Waals surface area contributed by atoms with Gasteiger partial charge in [-0.1, -0.05) is 11.6 Å². The summed E-state index contributed by atoms with van der Waals surface area (Å²) in [6.07, 6.45) is 1.20. The summed E-state index contributed by atoms with van der Waals surface area (Å²) in [6.45, 7) is 0.0159. The molecule has 0 amide bonds. The standard InChI is InChI=1S/C13H15ClO4/c1-17-7-12(13(15)16)18-11-5-4-9(14)6-10(11)8-2-3-8/h4-6,8,12H,2-3,7H2,1H3,(H,15,16)/t12-/m0/s1. The van der Waals surface area contributed by atoms with Crippen molar-refractivity contribution in [3.05, 3.63) is 28.8 Å². The zero-order valence-electron chi connectivity index (χ0n) is 10.1. The van der Waals surface area contributed by atoms with Crippen LogP contribution >= 0.6 is 11.6 Å². The van der Waals surface area contributed by atoms with Gasteiger partial charge in [0.1, 0.15) is 5.75 Å². The van der Waals surface area contributed by atoms with Crippen molar-refractivity contribution in [3.8, 4) is 5.75 Å². The Morgan fingerprint density at radius 1 is 1.56 bits per heavy atom. The lowest BCUT2D eigenvalue weighted by atomic mass is 10.1. The summed E-state index contributed by atoms with van der Waals surface area (Å²) in [7, 11) is 1.45. The van der Waals surface area contributed by atoms with Gasteiger partial charge in [0.05, 0.1) is 6.61 Å². The van der Waals surface area contributed by atoms with Crippen molar-refractivity contribution in [2.24, 2.45) is 0 Å². The minimum absolute atomic E-state index is 0.0159. The van der Waals surface area contributed by atoms with Crippen LogP contribution in [0.4, 0.5) is 0 Å². The van der Waals surface area contributed by atoms with Gasteiger partial charge in [-0.2, -0.15) is 0 Å². The molecule has 1 aliphatic carbocycles. The van der Waals surface area contributed by atoms with Crippen molar-refractivity contribution in [1.29, 1.82) is 0 Å². The summed E-state index contributed by atoms with van der Waals surface area (Å²) in [4.78, 5) is 11.0. The normalized spacial score (nSPS) is 16.3. The van der Waals surface area contributed by atoms with Gasteiger partial charge in [0, 0.05) is 12.1 Å². The van der Waals surface area contributed by atoms with Gasteiger partial charge in [-0.15, -0.1) is 0 Å². The largest absolute Gasteiger partial charge is 0.478 e. The summed E-state index contributed by atoms with van der Waals surface area (Å²) in [5.41, 5.74) is 0.991. The van der Waals surface area contributed by atoms with Crippen molar-refractivity contribution >= 4 is 17.6 Å². The maximum atomic E-state index is 11.0. The van der Waals surface area contributed by atoms with Crippen LogP contribution in [0.25, 0.3) is 0 Å². The van der Waals surface area contributed by atoms with Gasteiger partial charge < -0.3 is 14.6 Å². The zero-order valence-corrected chi connectivity index (χ0v) is 10.8. The molecule has 5 heteroatoms. The molecule has 1 atom stereocenters. The van der Waals surface area contributed by atoms with Crippen LogP contribution < -0.4 is 4.74 Å². The first kappa shape index (κ1) is 13.2. The van der Waals surface area contributed by atoms with E-state index in [-0.39, 0.29) is 6.61 Å². The summed E-state index contributed by atoms with van der Waals surface area (Å²) < 4.78 is 10.4. The van der Waals surface area contributed by atoms with Gasteiger partial charge in [-0.3, -0.25) is 0 Å². The number of hydrogen-bond donors (Lipinski definition) is 1. The first-order chi connectivity index (χ1) is 8.61. The quantitative estimate of drug-likeness (QED) is 0.863. The number of benzene rings is 1. The molecule has 4 nitrogen and oxygen atoms in total. The van der Waals surface area contributed by atoms with E-state index < -0.39 is 12.1 Å². The van der Waals surface area contributed by atoms with Crippen LogP contribution in [0.3, 0.4) is 0 Å². The van der Waals surface area contributed by atoms with Gasteiger partial charge in [0.2, 0.25) is 6.10 Å². The van der Waals surface area contributed by atoms with E-state index in [1.54, 1.807) is 12.1 Å². The van der Waals surface area contributed by atoms with Gasteiger partial charge in [-0.25, -0.2) is 4.79 Å². The summed E-state index contributed by atoms with van der Waals surface area (Å²) in [6, 6.07) is 5.27. The minimum Gasteiger partial charge on any atom is -0.478 e. The molecule has 1 fully saturated rings. The van der Waals surface area contributed by atoms with Gasteiger partial charge in [0.15, 0.2) is 0 Å². The minimum atomic E-state index is -1.03. The molecule has 1 aliphatic rings. The second kappa shape index (κ2) is 5.59. The number of methoxy groups -OCH3 is 1. The molecule has 0 unspecified atom stereocenters. The molecule has 0 aromatic heterocycles. The lowest BCUT2D eigenvalue weighted by Gasteiger charge is -2.17. The van der Waals surface area contributed by atoms with Crippen molar-refractivity contribution in [2.45, 2.75) is 24.9 Å². The molecule has 1 aromatic rings. The number of ether oxygens (including phenoxy) is 2. The summed E-state index contributed by atoms with van der Waals surface area (Å²) in [5.74, 6) is -0.00409. The van der Waals surface area contributed by atoms with Crippen molar-refractivity contribution < 1.29 is 19.4 Å². The third kappa shape index (κ3) is 3.15. The Morgan fingerprint density at radius 2 is 2.28 bits per heavy atom. The van der Waals surface area contributed by atoms with E-state index in [9.17, 15) is 4.79 Å². The molecule has 0 spiro atoms. The third-order valence-electron chi connectivity index (χ3n) is 2.85. The van der Waals surface area contributed by atoms with Crippen LogP contribution in [0, 0.1) is 0 Å². The maximum Gasteiger partial charge on any atom is 0.347 e. The molecule has 0 aliphatic heterocycles. The first-order valence-electron chi connectivity index (χ1n) is 5.79. The molecule has 0 bridgehead atoms. The number of halogens is 1. The van der Waals surface area contributed by atoms with Crippen LogP contribution in [-0.4, -0.2) is 30.9 Å². The lowest BCUT2D eigenvalue weighted by Crippen LogP contribution is -2.31. The smallest absolute Gasteiger partial charge is 0.347 e. The Balaban J connectivity index is 2.19. The van der Waals surface area contributed by atoms with Crippen LogP contribution in [0.1, 0.15) is 24.3 Å². The number of aliphatic carboxylic acids is 1. The zero-order chi connectivity index (χ0) is 13.1. The number of rotatable bonds is 6. The Bertz CT molecular complexity index is 443. The molecule has 98 valence electrons. The second-order valence-electron chi connectivity index (χ2n) is 4.36. The van der Waals surface area contributed by atoms with E-state index in [0.717, 1.165) is 18.4 Å². The summed E-state index contributed by atoms with van der Waals surface area (Å²) in [5, 5.41) is 9.68. The number of carbonyl (C=O) groups is 1. The predicted octanol–water partition coefficient (Wildman–Crippen LogP) is 2.70. The fraction of sp³-hybridized carbons (Fsp3) is 0.462. The fourth-order valence-electron chi connectivity index (χ4n) is 1.80. The Kier molecular flexibility index (Phi) is 4.09. The number of carboxylic acids is 1. The van der Waals surface area contributed by atoms with Crippen molar-refractivity contribution in [2.75, 3.05) is 13.7 Å². The molecule has 2 rings (SSSR count). The highest BCUT2D eigenvalue weighted by molar-refractivity contribution is 6.30. The van der Waals surface area contributed by atoms with Gasteiger partial charge >= 0.3 is 5.97 Å². The molecule has 0 heterocycles. The Morgan fingerprint density at radius 3 is 2.83 bits per heavy atom. The van der Waals surface area contributed by atoms with Crippen LogP contribution in [-0.2, 0) is 9.53 Å². The van der Waals surface area contributed by atoms with E-state index in [4.69, 9.17) is 26.2 Å². The highest BCUT2D eigenvalue weighted by Crippen LogP contribution is 2.45. The SMILES string of the molecule is COC[C@H](Oc1ccc(Cl)cc1C1CC1)C(=O)O. The highest BCUT2D eigenvalue weighted by Gasteiger charge is 2.29. The Labute approximate surface area is 110 Å². The van der Waals surface area contributed by atoms with Crippen molar-refractivity contribution in [1.82, 2.24) is 0 Å². The molecular formula is C13H15ClO4. The lowest BCUT2D eigenvalue weighted by molar-refractivity contribution is -0.147. The van der Waals surface area contributed by atoms with Crippen LogP contribution in [0.2, 0.25) is 5.02 Å². The molecule has 1 N–H and O–H groups in total. The topological polar surface area (TPSA) is 55.8 Å². The predicted molar refractivity (Wildman–Crippen MR) is 67.4 cm³/mol. The fourth-order valence-corrected chi connectivity index (χ4v) is 1.98. The molecular weight excluding hydrogens is 256 g/mol. The average Bonchev–Trinajstić information content (AvgIpc) is 3.14. The van der Waals surface area contributed by atoms with Crippen LogP contribution in [0.15, 0.2) is 18.2 Å². The van der Waals surface area contributed by atoms with Gasteiger partial charge in [0.25, 0.3) is 0 Å². The van der Waals surface area contributed by atoms with E-state index in [2.05, 4.69) is 0 Å². The molecule has 18 heavy (non-hydrogen) atoms. The monoisotopic (exact) mass is 270 g/mol. The average molecular weight is 271 g/mol. The van der Waals surface area contributed by atoms with Gasteiger partial charge in [-0.05, 0) is 42.5 Å². The third-order valence-corrected chi connectivity index (χ3v) is 3.09. The molecule has 0 radical (unpaired) electrons. The highest BCUT2D eigenvalue weighted by atomic mass is 35.5. The maximum absolute atomic E-state index is 11.0. The van der Waals surface area contributed by atoms with E-state index in [0.29, 0.717) is 16.7 Å². The molecule has 1 saturated carbocycles. The van der Waals surface area contributed by atoms with Crippen LogP contribution in [0.5, 0.6) is 5.75 Å². The Hall–Kier alpha value is -1.26. The van der Waals surface area contributed by atoms with Crippen molar-refractivity contribution in [3.63, 3.8) is 0 Å². The number of hydrogen-bond acceptors (Lipinski definition) is 3.